The predicted octanol–water partition coefficient (Wildman–Crippen LogP) is 6.75. The van der Waals surface area contributed by atoms with Crippen molar-refractivity contribution in [2.24, 2.45) is 51.8 Å². The average Bonchev–Trinajstić information content (AvgIpc) is 3.42. The summed E-state index contributed by atoms with van der Waals surface area (Å²) in [4.78, 5) is 0. The van der Waals surface area contributed by atoms with Crippen molar-refractivity contribution in [1.82, 2.24) is 0 Å². The topological polar surface area (TPSA) is 40.5 Å². The highest BCUT2D eigenvalue weighted by Gasteiger charge is 2.66. The van der Waals surface area contributed by atoms with Gasteiger partial charge in [-0.2, -0.15) is 0 Å². The monoisotopic (exact) mass is 428 g/mol. The van der Waals surface area contributed by atoms with E-state index in [1.165, 1.54) is 50.5 Å². The van der Waals surface area contributed by atoms with Crippen LogP contribution in [0.4, 0.5) is 0 Å². The molecule has 176 valence electrons. The Labute approximate surface area is 191 Å². The highest BCUT2D eigenvalue weighted by Crippen LogP contribution is 2.72. The quantitative estimate of drug-likeness (QED) is 0.475. The maximum Gasteiger partial charge on any atom is 0.0757 e. The molecule has 4 fully saturated rings. The van der Waals surface area contributed by atoms with E-state index in [0.717, 1.165) is 43.4 Å². The third-order valence-electron chi connectivity index (χ3n) is 11.6. The lowest BCUT2D eigenvalue weighted by Crippen LogP contribution is -2.56. The molecule has 0 aromatic carbocycles. The Morgan fingerprint density at radius 1 is 0.903 bits per heavy atom. The van der Waals surface area contributed by atoms with Crippen LogP contribution in [0.25, 0.3) is 0 Å². The molecule has 5 aliphatic rings. The fourth-order valence-corrected chi connectivity index (χ4v) is 9.80. The van der Waals surface area contributed by atoms with Crippen LogP contribution in [0, 0.1) is 51.8 Å². The van der Waals surface area contributed by atoms with Crippen molar-refractivity contribution in [3.8, 4) is 0 Å². The summed E-state index contributed by atoms with van der Waals surface area (Å²) in [6.07, 6.45) is 15.6. The van der Waals surface area contributed by atoms with Crippen molar-refractivity contribution in [1.29, 1.82) is 0 Å². The summed E-state index contributed by atoms with van der Waals surface area (Å²) < 4.78 is 0. The summed E-state index contributed by atoms with van der Waals surface area (Å²) in [5, 5.41) is 22.3. The first-order valence-corrected chi connectivity index (χ1v) is 13.7. The first kappa shape index (κ1) is 22.5. The summed E-state index contributed by atoms with van der Waals surface area (Å²) in [5.74, 6) is 4.19. The Balaban J connectivity index is 1.39. The van der Waals surface area contributed by atoms with E-state index in [1.807, 2.05) is 0 Å². The standard InChI is InChI=1S/C29H48O2/c1-18(2)7-6-8-19(3)20-9-10-21-26-22(11-13-27(20,21)4)28(5)14-12-25(31)29(15-16-29)24(28)17-23(26)30/h17-23,25-26,30-31H,6-16H2,1-5H3/t19-,20-,21+,22+,23-,25-,26+,27-,28-/m1/s1. The Morgan fingerprint density at radius 3 is 2.32 bits per heavy atom. The molecule has 4 saturated carbocycles. The first-order valence-electron chi connectivity index (χ1n) is 13.7. The zero-order chi connectivity index (χ0) is 22.2. The van der Waals surface area contributed by atoms with Gasteiger partial charge in [-0.25, -0.2) is 0 Å². The lowest BCUT2D eigenvalue weighted by atomic mass is 9.45. The first-order chi connectivity index (χ1) is 14.6. The van der Waals surface area contributed by atoms with Gasteiger partial charge in [0.2, 0.25) is 0 Å². The number of aliphatic hydroxyl groups excluding tert-OH is 2. The maximum atomic E-state index is 11.5. The Morgan fingerprint density at radius 2 is 1.65 bits per heavy atom. The minimum Gasteiger partial charge on any atom is -0.392 e. The highest BCUT2D eigenvalue weighted by atomic mass is 16.3. The number of rotatable bonds is 5. The van der Waals surface area contributed by atoms with Gasteiger partial charge >= 0.3 is 0 Å². The van der Waals surface area contributed by atoms with Gasteiger partial charge in [0.05, 0.1) is 12.2 Å². The molecular formula is C29H48O2. The molecular weight excluding hydrogens is 380 g/mol. The smallest absolute Gasteiger partial charge is 0.0757 e. The van der Waals surface area contributed by atoms with Gasteiger partial charge in [0.15, 0.2) is 0 Å². The number of fused-ring (bicyclic) bond motifs is 6. The molecule has 0 aliphatic heterocycles. The maximum absolute atomic E-state index is 11.5. The van der Waals surface area contributed by atoms with Gasteiger partial charge in [0, 0.05) is 5.41 Å². The van der Waals surface area contributed by atoms with E-state index in [1.54, 1.807) is 0 Å². The molecule has 0 heterocycles. The highest BCUT2D eigenvalue weighted by molar-refractivity contribution is 5.38. The predicted molar refractivity (Wildman–Crippen MR) is 127 cm³/mol. The number of hydrogen-bond donors (Lipinski definition) is 2. The Bertz CT molecular complexity index is 720. The Hall–Kier alpha value is -0.340. The van der Waals surface area contributed by atoms with Crippen LogP contribution < -0.4 is 0 Å². The van der Waals surface area contributed by atoms with Crippen molar-refractivity contribution in [2.45, 2.75) is 117 Å². The average molecular weight is 429 g/mol. The van der Waals surface area contributed by atoms with Crippen molar-refractivity contribution >= 4 is 0 Å². The molecule has 2 N–H and O–H groups in total. The summed E-state index contributed by atoms with van der Waals surface area (Å²) >= 11 is 0. The third-order valence-corrected chi connectivity index (χ3v) is 11.6. The molecule has 0 bridgehead atoms. The van der Waals surface area contributed by atoms with Gasteiger partial charge in [-0.15, -0.1) is 0 Å². The second-order valence-corrected chi connectivity index (χ2v) is 13.5. The largest absolute Gasteiger partial charge is 0.392 e. The molecule has 31 heavy (non-hydrogen) atoms. The lowest BCUT2D eigenvalue weighted by Gasteiger charge is -2.61. The van der Waals surface area contributed by atoms with E-state index in [2.05, 4.69) is 40.7 Å². The molecule has 0 aromatic heterocycles. The molecule has 9 atom stereocenters. The Kier molecular flexibility index (Phi) is 5.50. The number of hydrogen-bond acceptors (Lipinski definition) is 2. The fourth-order valence-electron chi connectivity index (χ4n) is 9.80. The summed E-state index contributed by atoms with van der Waals surface area (Å²) in [6, 6.07) is 0. The van der Waals surface area contributed by atoms with E-state index >= 15 is 0 Å². The SMILES string of the molecule is CC(C)CCC[C@@H](C)[C@H]1CC[C@H]2[C@@H]3[C@H](O)C=C4C5(CC5)[C@H](O)CC[C@]4(C)[C@H]3CC[C@]12C. The van der Waals surface area contributed by atoms with E-state index < -0.39 is 0 Å². The molecule has 0 radical (unpaired) electrons. The molecule has 0 amide bonds. The lowest BCUT2D eigenvalue weighted by molar-refractivity contribution is -0.105. The molecule has 0 aromatic rings. The van der Waals surface area contributed by atoms with E-state index in [-0.39, 0.29) is 23.0 Å². The van der Waals surface area contributed by atoms with Gasteiger partial charge in [-0.3, -0.25) is 0 Å². The van der Waals surface area contributed by atoms with Crippen LogP contribution in [-0.2, 0) is 0 Å². The number of aliphatic hydroxyl groups is 2. The molecule has 0 saturated heterocycles. The van der Waals surface area contributed by atoms with Crippen LogP contribution in [0.15, 0.2) is 11.6 Å². The summed E-state index contributed by atoms with van der Waals surface area (Å²) in [6.45, 7) is 12.3. The molecule has 2 nitrogen and oxygen atoms in total. The van der Waals surface area contributed by atoms with E-state index in [0.29, 0.717) is 23.2 Å². The normalized spacial score (nSPS) is 48.7. The van der Waals surface area contributed by atoms with Crippen LogP contribution in [-0.4, -0.2) is 22.4 Å². The molecule has 2 heteroatoms. The molecule has 0 unspecified atom stereocenters. The van der Waals surface area contributed by atoms with Crippen molar-refractivity contribution in [3.63, 3.8) is 0 Å². The molecule has 1 spiro atoms. The van der Waals surface area contributed by atoms with E-state index in [4.69, 9.17) is 0 Å². The minimum absolute atomic E-state index is 0.0306. The van der Waals surface area contributed by atoms with Gasteiger partial charge in [-0.1, -0.05) is 65.5 Å². The van der Waals surface area contributed by atoms with Crippen LogP contribution >= 0.6 is 0 Å². The van der Waals surface area contributed by atoms with Gasteiger partial charge in [0.25, 0.3) is 0 Å². The van der Waals surface area contributed by atoms with Crippen LogP contribution in [0.3, 0.4) is 0 Å². The molecule has 5 aliphatic carbocycles. The second-order valence-electron chi connectivity index (χ2n) is 13.5. The van der Waals surface area contributed by atoms with Crippen LogP contribution in [0.1, 0.15) is 105 Å². The zero-order valence-corrected chi connectivity index (χ0v) is 20.9. The van der Waals surface area contributed by atoms with Crippen LogP contribution in [0.5, 0.6) is 0 Å². The zero-order valence-electron chi connectivity index (χ0n) is 20.9. The van der Waals surface area contributed by atoms with Crippen molar-refractivity contribution < 1.29 is 10.2 Å². The fraction of sp³-hybridized carbons (Fsp3) is 0.931. The summed E-state index contributed by atoms with van der Waals surface area (Å²) in [7, 11) is 0. The van der Waals surface area contributed by atoms with Gasteiger partial charge in [0.1, 0.15) is 0 Å². The second kappa shape index (κ2) is 7.59. The van der Waals surface area contributed by atoms with Crippen molar-refractivity contribution in [3.05, 3.63) is 11.6 Å². The van der Waals surface area contributed by atoms with Gasteiger partial charge < -0.3 is 10.2 Å². The van der Waals surface area contributed by atoms with E-state index in [9.17, 15) is 10.2 Å². The van der Waals surface area contributed by atoms with Crippen molar-refractivity contribution in [2.75, 3.05) is 0 Å². The summed E-state index contributed by atoms with van der Waals surface area (Å²) in [5.41, 5.74) is 2.12. The van der Waals surface area contributed by atoms with Crippen LogP contribution in [0.2, 0.25) is 0 Å². The minimum atomic E-state index is -0.296. The molecule has 5 rings (SSSR count). The van der Waals surface area contributed by atoms with Gasteiger partial charge in [-0.05, 0) is 97.7 Å². The third kappa shape index (κ3) is 3.24.